The molecule has 7 nitrogen and oxygen atoms in total. The summed E-state index contributed by atoms with van der Waals surface area (Å²) in [5.74, 6) is 0.213. The lowest BCUT2D eigenvalue weighted by molar-refractivity contribution is 0.403. The number of halogens is 4. The second kappa shape index (κ2) is 12.0. The number of pyridine rings is 2. The summed E-state index contributed by atoms with van der Waals surface area (Å²) in [6, 6.07) is 3.88. The highest BCUT2D eigenvalue weighted by molar-refractivity contribution is 6.44. The summed E-state index contributed by atoms with van der Waals surface area (Å²) >= 11 is 22.9. The number of aryl methyl sites for hydroxylation is 1. The first-order valence-electron chi connectivity index (χ1n) is 9.48. The third-order valence-electron chi connectivity index (χ3n) is 4.44. The molecule has 2 saturated carbocycles. The molecule has 2 heterocycles. The van der Waals surface area contributed by atoms with Crippen molar-refractivity contribution in [2.24, 2.45) is 0 Å². The third kappa shape index (κ3) is 8.56. The Morgan fingerprint density at radius 2 is 1.45 bits per heavy atom. The van der Waals surface area contributed by atoms with Gasteiger partial charge in [0, 0.05) is 29.7 Å². The minimum Gasteiger partial charge on any atom is -0.427 e. The minimum atomic E-state index is -1.04. The Morgan fingerprint density at radius 1 is 0.935 bits per heavy atom. The highest BCUT2D eigenvalue weighted by Gasteiger charge is 2.33. The minimum absolute atomic E-state index is 0.213. The second-order valence-electron chi connectivity index (χ2n) is 7.12. The van der Waals surface area contributed by atoms with Crippen LogP contribution in [-0.2, 0) is 0 Å². The molecule has 2 aromatic rings. The van der Waals surface area contributed by atoms with Gasteiger partial charge in [0.2, 0.25) is 0 Å². The molecule has 0 saturated heterocycles. The SMILES string of the molecule is Cc1cc(Cl)nc(Cl)c1C=N.N=Cc1c(NC2CC2)cc(Cl)nc1Cl.OB(O)C1CC1. The van der Waals surface area contributed by atoms with Gasteiger partial charge in [-0.1, -0.05) is 59.2 Å². The molecule has 0 amide bonds. The summed E-state index contributed by atoms with van der Waals surface area (Å²) in [7, 11) is -1.04. The van der Waals surface area contributed by atoms with E-state index in [1.54, 1.807) is 12.1 Å². The van der Waals surface area contributed by atoms with Gasteiger partial charge < -0.3 is 26.2 Å². The smallest absolute Gasteiger partial charge is 0.427 e. The molecule has 2 aliphatic rings. The largest absolute Gasteiger partial charge is 0.454 e. The molecular formula is C19H22BCl4N5O2. The van der Waals surface area contributed by atoms with Crippen molar-refractivity contribution in [3.8, 4) is 0 Å². The molecule has 0 aliphatic heterocycles. The van der Waals surface area contributed by atoms with E-state index in [1.165, 1.54) is 12.4 Å². The lowest BCUT2D eigenvalue weighted by atomic mass is 9.84. The van der Waals surface area contributed by atoms with Crippen LogP contribution in [0.4, 0.5) is 5.69 Å². The van der Waals surface area contributed by atoms with Crippen LogP contribution in [0.2, 0.25) is 26.4 Å². The van der Waals surface area contributed by atoms with E-state index in [0.29, 0.717) is 27.5 Å². The first-order chi connectivity index (χ1) is 14.7. The molecule has 4 rings (SSSR count). The number of aromatic nitrogens is 2. The number of nitrogens with zero attached hydrogens (tertiary/aromatic N) is 2. The Bertz CT molecular complexity index is 917. The van der Waals surface area contributed by atoms with Crippen LogP contribution in [0.5, 0.6) is 0 Å². The van der Waals surface area contributed by atoms with Crippen LogP contribution in [0.3, 0.4) is 0 Å². The molecule has 0 atom stereocenters. The fraction of sp³-hybridized carbons (Fsp3) is 0.368. The molecule has 2 aromatic heterocycles. The van der Waals surface area contributed by atoms with Gasteiger partial charge in [0.25, 0.3) is 0 Å². The molecule has 0 bridgehead atoms. The summed E-state index contributed by atoms with van der Waals surface area (Å²) in [4.78, 5) is 7.66. The highest BCUT2D eigenvalue weighted by Crippen LogP contribution is 2.36. The molecule has 2 fully saturated rings. The average molecular weight is 505 g/mol. The molecule has 12 heteroatoms. The van der Waals surface area contributed by atoms with Crippen LogP contribution in [0.25, 0.3) is 0 Å². The topological polar surface area (TPSA) is 126 Å². The van der Waals surface area contributed by atoms with Gasteiger partial charge in [-0.15, -0.1) is 0 Å². The third-order valence-corrected chi connectivity index (χ3v) is 5.40. The Hall–Kier alpha value is -1.42. The maximum absolute atomic E-state index is 8.25. The first-order valence-corrected chi connectivity index (χ1v) is 11.0. The van der Waals surface area contributed by atoms with Crippen molar-refractivity contribution in [2.45, 2.75) is 44.5 Å². The van der Waals surface area contributed by atoms with Crippen LogP contribution in [0.1, 0.15) is 42.4 Å². The molecule has 166 valence electrons. The number of hydrogen-bond acceptors (Lipinski definition) is 7. The average Bonchev–Trinajstić information content (AvgIpc) is 3.56. The molecule has 2 aliphatic carbocycles. The Labute approximate surface area is 201 Å². The summed E-state index contributed by atoms with van der Waals surface area (Å²) in [6.07, 6.45) is 6.68. The maximum atomic E-state index is 8.25. The van der Waals surface area contributed by atoms with Gasteiger partial charge in [-0.2, -0.15) is 0 Å². The zero-order valence-corrected chi connectivity index (χ0v) is 19.7. The fourth-order valence-corrected chi connectivity index (χ4v) is 3.44. The van der Waals surface area contributed by atoms with E-state index in [1.807, 2.05) is 6.92 Å². The predicted octanol–water partition coefficient (Wildman–Crippen LogP) is 5.28. The van der Waals surface area contributed by atoms with Gasteiger partial charge in [-0.3, -0.25) is 0 Å². The predicted molar refractivity (Wildman–Crippen MR) is 129 cm³/mol. The highest BCUT2D eigenvalue weighted by atomic mass is 35.5. The van der Waals surface area contributed by atoms with E-state index in [2.05, 4.69) is 15.3 Å². The normalized spacial score (nSPS) is 14.4. The van der Waals surface area contributed by atoms with E-state index in [-0.39, 0.29) is 16.1 Å². The van der Waals surface area contributed by atoms with Crippen molar-refractivity contribution >= 4 is 71.6 Å². The zero-order valence-electron chi connectivity index (χ0n) is 16.7. The van der Waals surface area contributed by atoms with E-state index < -0.39 is 7.12 Å². The van der Waals surface area contributed by atoms with Crippen molar-refractivity contribution in [1.82, 2.24) is 9.97 Å². The monoisotopic (exact) mass is 503 g/mol. The first kappa shape index (κ1) is 25.8. The number of rotatable bonds is 5. The van der Waals surface area contributed by atoms with Gasteiger partial charge in [0.15, 0.2) is 0 Å². The summed E-state index contributed by atoms with van der Waals surface area (Å²) in [5, 5.41) is 35.2. The standard InChI is InChI=1S/C9H9Cl2N3.C7H6Cl2N2.C3H7BO2/c10-8-3-7(13-5-1-2-5)6(4-12)9(11)14-8;1-4-2-6(8)11-7(9)5(4)3-10;5-4(6)3-1-2-3/h3-5,12H,1-2H2,(H,13,14);2-3,10H,1H3;3,5-6H,1-2H2. The maximum Gasteiger partial charge on any atom is 0.454 e. The molecule has 31 heavy (non-hydrogen) atoms. The quantitative estimate of drug-likeness (QED) is 0.215. The van der Waals surface area contributed by atoms with Crippen LogP contribution >= 0.6 is 46.4 Å². The number of anilines is 1. The van der Waals surface area contributed by atoms with Crippen LogP contribution < -0.4 is 5.32 Å². The zero-order chi connectivity index (χ0) is 23.1. The Balaban J connectivity index is 0.000000178. The number of nitrogens with one attached hydrogen (secondary N) is 3. The van der Waals surface area contributed by atoms with Crippen molar-refractivity contribution in [2.75, 3.05) is 5.32 Å². The van der Waals surface area contributed by atoms with E-state index >= 15 is 0 Å². The number of hydrogen-bond donors (Lipinski definition) is 5. The van der Waals surface area contributed by atoms with Crippen molar-refractivity contribution < 1.29 is 10.0 Å². The fourth-order valence-electron chi connectivity index (χ4n) is 2.37. The Morgan fingerprint density at radius 3 is 1.84 bits per heavy atom. The van der Waals surface area contributed by atoms with Gasteiger partial charge in [0.05, 0.1) is 5.56 Å². The van der Waals surface area contributed by atoms with Gasteiger partial charge in [-0.25, -0.2) is 9.97 Å². The molecule has 5 N–H and O–H groups in total. The summed E-state index contributed by atoms with van der Waals surface area (Å²) in [6.45, 7) is 1.83. The molecule has 0 unspecified atom stereocenters. The van der Waals surface area contributed by atoms with Crippen molar-refractivity contribution in [1.29, 1.82) is 10.8 Å². The summed E-state index contributed by atoms with van der Waals surface area (Å²) in [5.41, 5.74) is 2.89. The lowest BCUT2D eigenvalue weighted by Gasteiger charge is -2.09. The van der Waals surface area contributed by atoms with E-state index in [0.717, 1.165) is 36.9 Å². The molecule has 0 spiro atoms. The van der Waals surface area contributed by atoms with Gasteiger partial charge in [-0.05, 0) is 43.3 Å². The van der Waals surface area contributed by atoms with Gasteiger partial charge >= 0.3 is 7.12 Å². The molecule has 0 radical (unpaired) electrons. The van der Waals surface area contributed by atoms with Crippen molar-refractivity contribution in [3.05, 3.63) is 49.4 Å². The van der Waals surface area contributed by atoms with E-state index in [4.69, 9.17) is 67.3 Å². The second-order valence-corrected chi connectivity index (χ2v) is 8.61. The Kier molecular flexibility index (Phi) is 10.00. The van der Waals surface area contributed by atoms with Crippen LogP contribution in [0.15, 0.2) is 12.1 Å². The summed E-state index contributed by atoms with van der Waals surface area (Å²) < 4.78 is 0. The lowest BCUT2D eigenvalue weighted by Crippen LogP contribution is -2.09. The van der Waals surface area contributed by atoms with Gasteiger partial charge in [0.1, 0.15) is 20.6 Å². The van der Waals surface area contributed by atoms with Crippen LogP contribution in [-0.4, -0.2) is 45.6 Å². The van der Waals surface area contributed by atoms with Crippen molar-refractivity contribution in [3.63, 3.8) is 0 Å². The molecular weight excluding hydrogens is 483 g/mol. The molecule has 0 aromatic carbocycles. The van der Waals surface area contributed by atoms with E-state index in [9.17, 15) is 0 Å². The van der Waals surface area contributed by atoms with Crippen LogP contribution in [0, 0.1) is 17.7 Å².